The predicted octanol–water partition coefficient (Wildman–Crippen LogP) is 2.83. The fraction of sp³-hybridized carbons (Fsp3) is 0.400. The molecule has 1 aromatic heterocycles. The molecule has 41 heavy (non-hydrogen) atoms. The third-order valence-corrected chi connectivity index (χ3v) is 7.14. The number of benzene rings is 2. The molecule has 0 unspecified atom stereocenters. The molecule has 4 heterocycles. The second-order valence-corrected chi connectivity index (χ2v) is 10.1. The number of ether oxygens (including phenoxy) is 4. The SMILES string of the molecule is CCCc1cnc(C)nc1N1C[C@@H]2NC(=O)c3ccc(OC)c(c3)OCC(=O)NCc3ccc(c(OC)c3)O[C@H]2C1. The van der Waals surface area contributed by atoms with Crippen LogP contribution >= 0.6 is 0 Å². The predicted molar refractivity (Wildman–Crippen MR) is 152 cm³/mol. The van der Waals surface area contributed by atoms with Crippen LogP contribution < -0.4 is 34.5 Å². The molecule has 216 valence electrons. The minimum absolute atomic E-state index is 0.238. The number of amides is 2. The zero-order valence-corrected chi connectivity index (χ0v) is 23.7. The molecule has 11 heteroatoms. The molecule has 3 aliphatic heterocycles. The Morgan fingerprint density at radius 3 is 2.66 bits per heavy atom. The minimum Gasteiger partial charge on any atom is -0.493 e. The molecule has 2 atom stereocenters. The monoisotopic (exact) mass is 561 g/mol. The normalized spacial score (nSPS) is 18.9. The lowest BCUT2D eigenvalue weighted by atomic mass is 10.1. The van der Waals surface area contributed by atoms with Crippen LogP contribution in [-0.2, 0) is 17.8 Å². The van der Waals surface area contributed by atoms with Crippen molar-refractivity contribution in [1.29, 1.82) is 0 Å². The van der Waals surface area contributed by atoms with Crippen molar-refractivity contribution in [2.24, 2.45) is 0 Å². The number of aryl methyl sites for hydroxylation is 2. The van der Waals surface area contributed by atoms with Crippen LogP contribution in [0, 0.1) is 6.92 Å². The minimum atomic E-state index is -0.409. The molecule has 2 N–H and O–H groups in total. The number of nitrogens with one attached hydrogen (secondary N) is 2. The molecule has 0 spiro atoms. The van der Waals surface area contributed by atoms with Crippen LogP contribution in [0.2, 0.25) is 0 Å². The maximum Gasteiger partial charge on any atom is 0.258 e. The maximum atomic E-state index is 13.5. The van der Waals surface area contributed by atoms with Crippen LogP contribution in [0.4, 0.5) is 5.82 Å². The van der Waals surface area contributed by atoms with E-state index >= 15 is 0 Å². The molecule has 1 fully saturated rings. The standard InChI is InChI=1S/C30H35N5O6/c1-5-6-21-14-31-18(2)33-29(21)35-15-22-27(16-35)41-24-9-7-19(11-25(24)39-4)13-32-28(36)17-40-26-12-20(30(37)34-22)8-10-23(26)38-3/h7-12,14,22,27H,5-6,13,15-17H2,1-4H3,(H,32,36)(H,34,37)/t22-,27-/m0/s1. The zero-order chi connectivity index (χ0) is 28.9. The Bertz CT molecular complexity index is 1430. The highest BCUT2D eigenvalue weighted by Gasteiger charge is 2.38. The van der Waals surface area contributed by atoms with Gasteiger partial charge in [-0.1, -0.05) is 19.4 Å². The molecule has 2 aromatic carbocycles. The summed E-state index contributed by atoms with van der Waals surface area (Å²) in [6, 6.07) is 10.0. The summed E-state index contributed by atoms with van der Waals surface area (Å²) in [4.78, 5) is 37.3. The van der Waals surface area contributed by atoms with Crippen molar-refractivity contribution >= 4 is 17.6 Å². The first-order valence-electron chi connectivity index (χ1n) is 13.7. The van der Waals surface area contributed by atoms with Gasteiger partial charge < -0.3 is 34.5 Å². The fourth-order valence-electron chi connectivity index (χ4n) is 5.07. The second kappa shape index (κ2) is 12.3. The third kappa shape index (κ3) is 6.29. The van der Waals surface area contributed by atoms with Gasteiger partial charge in [0.25, 0.3) is 11.8 Å². The summed E-state index contributed by atoms with van der Waals surface area (Å²) in [5, 5.41) is 6.00. The van der Waals surface area contributed by atoms with E-state index in [1.54, 1.807) is 25.3 Å². The molecule has 0 radical (unpaired) electrons. The van der Waals surface area contributed by atoms with Crippen LogP contribution in [-0.4, -0.2) is 67.8 Å². The number of carbonyl (C=O) groups excluding carboxylic acids is 2. The van der Waals surface area contributed by atoms with Gasteiger partial charge in [0.15, 0.2) is 29.6 Å². The van der Waals surface area contributed by atoms with Gasteiger partial charge in [-0.2, -0.15) is 0 Å². The molecule has 0 aliphatic carbocycles. The van der Waals surface area contributed by atoms with Gasteiger partial charge in [0.1, 0.15) is 17.7 Å². The average Bonchev–Trinajstić information content (AvgIpc) is 3.37. The van der Waals surface area contributed by atoms with Crippen molar-refractivity contribution in [1.82, 2.24) is 20.6 Å². The first kappa shape index (κ1) is 28.0. The Hall–Kier alpha value is -4.54. The van der Waals surface area contributed by atoms with Gasteiger partial charge >= 0.3 is 0 Å². The summed E-state index contributed by atoms with van der Waals surface area (Å²) < 4.78 is 23.3. The number of anilines is 1. The van der Waals surface area contributed by atoms with Crippen molar-refractivity contribution in [2.45, 2.75) is 45.4 Å². The van der Waals surface area contributed by atoms with Gasteiger partial charge in [0.2, 0.25) is 0 Å². The Balaban J connectivity index is 1.52. The molecule has 1 saturated heterocycles. The van der Waals surface area contributed by atoms with Crippen molar-refractivity contribution in [3.63, 3.8) is 0 Å². The Morgan fingerprint density at radius 2 is 1.88 bits per heavy atom. The highest BCUT2D eigenvalue weighted by atomic mass is 16.5. The van der Waals surface area contributed by atoms with E-state index in [4.69, 9.17) is 23.9 Å². The first-order valence-corrected chi connectivity index (χ1v) is 13.7. The van der Waals surface area contributed by atoms with E-state index < -0.39 is 6.10 Å². The smallest absolute Gasteiger partial charge is 0.258 e. The molecule has 2 amide bonds. The van der Waals surface area contributed by atoms with Gasteiger partial charge in [-0.25, -0.2) is 9.97 Å². The number of fused-ring (bicyclic) bond motifs is 7. The fourth-order valence-corrected chi connectivity index (χ4v) is 5.07. The van der Waals surface area contributed by atoms with Gasteiger partial charge in [0.05, 0.1) is 26.8 Å². The molecule has 4 bridgehead atoms. The summed E-state index contributed by atoms with van der Waals surface area (Å²) in [5.41, 5.74) is 2.26. The van der Waals surface area contributed by atoms with Crippen LogP contribution in [0.15, 0.2) is 42.6 Å². The van der Waals surface area contributed by atoms with E-state index in [0.29, 0.717) is 47.5 Å². The van der Waals surface area contributed by atoms with Crippen LogP contribution in [0.25, 0.3) is 0 Å². The highest BCUT2D eigenvalue weighted by Crippen LogP contribution is 2.33. The third-order valence-electron chi connectivity index (χ3n) is 7.14. The largest absolute Gasteiger partial charge is 0.493 e. The number of methoxy groups -OCH3 is 2. The lowest BCUT2D eigenvalue weighted by Crippen LogP contribution is -2.45. The van der Waals surface area contributed by atoms with E-state index in [1.807, 2.05) is 31.3 Å². The van der Waals surface area contributed by atoms with Crippen molar-refractivity contribution in [2.75, 3.05) is 38.8 Å². The molecule has 6 rings (SSSR count). The van der Waals surface area contributed by atoms with Crippen LogP contribution in [0.3, 0.4) is 0 Å². The Kier molecular flexibility index (Phi) is 8.42. The van der Waals surface area contributed by atoms with Crippen molar-refractivity contribution in [3.8, 4) is 23.0 Å². The Morgan fingerprint density at radius 1 is 1.05 bits per heavy atom. The van der Waals surface area contributed by atoms with Crippen LogP contribution in [0.5, 0.6) is 23.0 Å². The van der Waals surface area contributed by atoms with E-state index in [-0.39, 0.29) is 31.0 Å². The molecule has 0 saturated carbocycles. The van der Waals surface area contributed by atoms with Gasteiger partial charge in [-0.3, -0.25) is 9.59 Å². The number of carbonyl (C=O) groups is 2. The van der Waals surface area contributed by atoms with Gasteiger partial charge in [-0.15, -0.1) is 0 Å². The summed E-state index contributed by atoms with van der Waals surface area (Å²) in [6.07, 6.45) is 3.27. The number of rotatable bonds is 5. The number of aromatic nitrogens is 2. The van der Waals surface area contributed by atoms with E-state index in [2.05, 4.69) is 27.4 Å². The number of nitrogens with zero attached hydrogens (tertiary/aromatic N) is 3. The van der Waals surface area contributed by atoms with E-state index in [0.717, 1.165) is 29.8 Å². The zero-order valence-electron chi connectivity index (χ0n) is 23.7. The number of hydrogen-bond acceptors (Lipinski definition) is 9. The topological polar surface area (TPSA) is 124 Å². The lowest BCUT2D eigenvalue weighted by Gasteiger charge is -2.22. The summed E-state index contributed by atoms with van der Waals surface area (Å²) in [5.74, 6) is 2.70. The molecule has 3 aromatic rings. The summed E-state index contributed by atoms with van der Waals surface area (Å²) in [6.45, 7) is 5.02. The molecule has 3 aliphatic rings. The lowest BCUT2D eigenvalue weighted by molar-refractivity contribution is -0.123. The molecule has 11 nitrogen and oxygen atoms in total. The van der Waals surface area contributed by atoms with Crippen molar-refractivity contribution < 1.29 is 28.5 Å². The van der Waals surface area contributed by atoms with E-state index in [1.165, 1.54) is 7.11 Å². The Labute approximate surface area is 239 Å². The maximum absolute atomic E-state index is 13.5. The highest BCUT2D eigenvalue weighted by molar-refractivity contribution is 5.95. The van der Waals surface area contributed by atoms with Crippen LogP contribution in [0.1, 0.15) is 40.7 Å². The quantitative estimate of drug-likeness (QED) is 0.484. The van der Waals surface area contributed by atoms with Gasteiger partial charge in [0, 0.05) is 30.4 Å². The molecular weight excluding hydrogens is 526 g/mol. The van der Waals surface area contributed by atoms with E-state index in [9.17, 15) is 9.59 Å². The summed E-state index contributed by atoms with van der Waals surface area (Å²) >= 11 is 0. The summed E-state index contributed by atoms with van der Waals surface area (Å²) in [7, 11) is 3.08. The number of hydrogen-bond donors (Lipinski definition) is 2. The molecular formula is C30H35N5O6. The second-order valence-electron chi connectivity index (χ2n) is 10.1. The van der Waals surface area contributed by atoms with Crippen molar-refractivity contribution in [3.05, 3.63) is 65.1 Å². The first-order chi connectivity index (χ1) is 19.9. The average molecular weight is 562 g/mol. The van der Waals surface area contributed by atoms with Gasteiger partial charge in [-0.05, 0) is 49.2 Å².